The molecule has 0 aliphatic heterocycles. The molecule has 0 aliphatic carbocycles. The van der Waals surface area contributed by atoms with Crippen molar-refractivity contribution in [2.24, 2.45) is 0 Å². The zero-order valence-electron chi connectivity index (χ0n) is 10.8. The lowest BCUT2D eigenvalue weighted by molar-refractivity contribution is -0.116. The second-order valence-electron chi connectivity index (χ2n) is 4.06. The Bertz CT molecular complexity index is 545. The lowest BCUT2D eigenvalue weighted by Gasteiger charge is -2.15. The maximum Gasteiger partial charge on any atom is 0.225 e. The van der Waals surface area contributed by atoms with Gasteiger partial charge in [-0.05, 0) is 18.2 Å². The van der Waals surface area contributed by atoms with E-state index in [1.807, 2.05) is 12.1 Å². The Labute approximate surface area is 116 Å². The maximum absolute atomic E-state index is 12.8. The average Bonchev–Trinajstić information content (AvgIpc) is 2.40. The van der Waals surface area contributed by atoms with Crippen LogP contribution in [0.15, 0.2) is 18.2 Å². The number of carbonyl (C=O) groups is 1. The summed E-state index contributed by atoms with van der Waals surface area (Å²) in [5.41, 5.74) is 6.05. The first-order chi connectivity index (χ1) is 9.56. The van der Waals surface area contributed by atoms with Crippen LogP contribution < -0.4 is 11.1 Å². The van der Waals surface area contributed by atoms with Crippen molar-refractivity contribution in [3.8, 4) is 12.1 Å². The van der Waals surface area contributed by atoms with Gasteiger partial charge < -0.3 is 11.1 Å². The van der Waals surface area contributed by atoms with Crippen LogP contribution in [0, 0.1) is 28.5 Å². The molecule has 1 amide bonds. The van der Waals surface area contributed by atoms with E-state index >= 15 is 0 Å². The Kier molecular flexibility index (Phi) is 5.95. The standard InChI is InChI=1S/C13H14FN5O/c14-10-1-2-12(11(17)9-10)18-13(20)3-6-19(7-4-15)8-5-16/h1-2,9H,3,6-8,17H2,(H,18,20). The van der Waals surface area contributed by atoms with Gasteiger partial charge in [0, 0.05) is 13.0 Å². The Morgan fingerprint density at radius 1 is 1.35 bits per heavy atom. The minimum Gasteiger partial charge on any atom is -0.397 e. The van der Waals surface area contributed by atoms with E-state index in [-0.39, 0.29) is 37.6 Å². The van der Waals surface area contributed by atoms with E-state index in [4.69, 9.17) is 16.3 Å². The molecule has 0 spiro atoms. The summed E-state index contributed by atoms with van der Waals surface area (Å²) in [6.07, 6.45) is 0.111. The third-order valence-electron chi connectivity index (χ3n) is 2.53. The first kappa shape index (κ1) is 15.4. The van der Waals surface area contributed by atoms with Crippen LogP contribution in [-0.4, -0.2) is 30.4 Å². The maximum atomic E-state index is 12.8. The zero-order chi connectivity index (χ0) is 15.0. The number of carbonyl (C=O) groups excluding carboxylic acids is 1. The van der Waals surface area contributed by atoms with Gasteiger partial charge in [0.05, 0.1) is 36.6 Å². The average molecular weight is 275 g/mol. The topological polar surface area (TPSA) is 106 Å². The predicted octanol–water partition coefficient (Wildman–Crippen LogP) is 1.09. The SMILES string of the molecule is N#CCN(CC#N)CCC(=O)Nc1ccc(F)cc1N. The first-order valence-corrected chi connectivity index (χ1v) is 5.88. The molecule has 0 radical (unpaired) electrons. The van der Waals surface area contributed by atoms with Crippen molar-refractivity contribution in [2.75, 3.05) is 30.7 Å². The number of rotatable bonds is 6. The summed E-state index contributed by atoms with van der Waals surface area (Å²) in [5, 5.41) is 19.7. The minimum atomic E-state index is -0.477. The normalized spacial score (nSPS) is 9.80. The third kappa shape index (κ3) is 4.92. The quantitative estimate of drug-likeness (QED) is 0.597. The number of benzene rings is 1. The van der Waals surface area contributed by atoms with Gasteiger partial charge in [0.25, 0.3) is 0 Å². The number of nitriles is 2. The molecule has 1 rings (SSSR count). The van der Waals surface area contributed by atoms with Gasteiger partial charge in [-0.1, -0.05) is 0 Å². The monoisotopic (exact) mass is 275 g/mol. The van der Waals surface area contributed by atoms with Crippen molar-refractivity contribution in [1.82, 2.24) is 4.90 Å². The van der Waals surface area contributed by atoms with Crippen LogP contribution in [0.2, 0.25) is 0 Å². The number of halogens is 1. The highest BCUT2D eigenvalue weighted by molar-refractivity contribution is 5.93. The molecule has 0 heterocycles. The van der Waals surface area contributed by atoms with Crippen LogP contribution in [0.4, 0.5) is 15.8 Å². The fourth-order valence-corrected chi connectivity index (χ4v) is 1.53. The summed E-state index contributed by atoms with van der Waals surface area (Å²) < 4.78 is 12.8. The van der Waals surface area contributed by atoms with Gasteiger partial charge >= 0.3 is 0 Å². The summed E-state index contributed by atoms with van der Waals surface area (Å²) in [5.74, 6) is -0.793. The van der Waals surface area contributed by atoms with Gasteiger partial charge in [-0.25, -0.2) is 4.39 Å². The summed E-state index contributed by atoms with van der Waals surface area (Å²) in [6, 6.07) is 7.54. The van der Waals surface area contributed by atoms with E-state index in [9.17, 15) is 9.18 Å². The molecule has 0 aliphatic rings. The second-order valence-corrected chi connectivity index (χ2v) is 4.06. The van der Waals surface area contributed by atoms with Crippen LogP contribution in [0.1, 0.15) is 6.42 Å². The largest absolute Gasteiger partial charge is 0.397 e. The Morgan fingerprint density at radius 3 is 2.55 bits per heavy atom. The van der Waals surface area contributed by atoms with Gasteiger partial charge in [-0.15, -0.1) is 0 Å². The van der Waals surface area contributed by atoms with Crippen molar-refractivity contribution >= 4 is 17.3 Å². The van der Waals surface area contributed by atoms with E-state index < -0.39 is 5.82 Å². The number of anilines is 2. The van der Waals surface area contributed by atoms with Crippen LogP contribution in [-0.2, 0) is 4.79 Å². The highest BCUT2D eigenvalue weighted by Crippen LogP contribution is 2.19. The molecule has 3 N–H and O–H groups in total. The molecule has 6 nitrogen and oxygen atoms in total. The fourth-order valence-electron chi connectivity index (χ4n) is 1.53. The van der Waals surface area contributed by atoms with Crippen molar-refractivity contribution < 1.29 is 9.18 Å². The molecular weight excluding hydrogens is 261 g/mol. The van der Waals surface area contributed by atoms with Crippen molar-refractivity contribution in [2.45, 2.75) is 6.42 Å². The molecule has 0 fully saturated rings. The molecular formula is C13H14FN5O. The Hall–Kier alpha value is -2.64. The Balaban J connectivity index is 2.51. The lowest BCUT2D eigenvalue weighted by atomic mass is 10.2. The molecule has 1 aromatic carbocycles. The number of nitrogens with zero attached hydrogens (tertiary/aromatic N) is 3. The summed E-state index contributed by atoms with van der Waals surface area (Å²) in [7, 11) is 0. The summed E-state index contributed by atoms with van der Waals surface area (Å²) in [4.78, 5) is 13.3. The molecule has 0 bridgehead atoms. The number of nitrogen functional groups attached to an aromatic ring is 1. The number of amides is 1. The third-order valence-corrected chi connectivity index (χ3v) is 2.53. The lowest BCUT2D eigenvalue weighted by Crippen LogP contribution is -2.28. The zero-order valence-corrected chi connectivity index (χ0v) is 10.8. The molecule has 20 heavy (non-hydrogen) atoms. The smallest absolute Gasteiger partial charge is 0.225 e. The van der Waals surface area contributed by atoms with Crippen LogP contribution in [0.5, 0.6) is 0 Å². The van der Waals surface area contributed by atoms with Crippen molar-refractivity contribution in [3.05, 3.63) is 24.0 Å². The van der Waals surface area contributed by atoms with Gasteiger partial charge in [0.2, 0.25) is 5.91 Å². The number of hydrogen-bond donors (Lipinski definition) is 2. The molecule has 0 saturated heterocycles. The molecule has 0 atom stereocenters. The van der Waals surface area contributed by atoms with Crippen LogP contribution in [0.25, 0.3) is 0 Å². The Morgan fingerprint density at radius 2 is 2.00 bits per heavy atom. The van der Waals surface area contributed by atoms with E-state index in [1.54, 1.807) is 4.90 Å². The van der Waals surface area contributed by atoms with Crippen LogP contribution >= 0.6 is 0 Å². The van der Waals surface area contributed by atoms with E-state index in [2.05, 4.69) is 5.32 Å². The summed E-state index contributed by atoms with van der Waals surface area (Å²) in [6.45, 7) is 0.451. The number of hydrogen-bond acceptors (Lipinski definition) is 5. The van der Waals surface area contributed by atoms with E-state index in [1.165, 1.54) is 12.1 Å². The van der Waals surface area contributed by atoms with Gasteiger partial charge in [-0.3, -0.25) is 9.69 Å². The first-order valence-electron chi connectivity index (χ1n) is 5.88. The molecule has 104 valence electrons. The highest BCUT2D eigenvalue weighted by atomic mass is 19.1. The van der Waals surface area contributed by atoms with Crippen molar-refractivity contribution in [1.29, 1.82) is 10.5 Å². The number of nitrogens with one attached hydrogen (secondary N) is 1. The van der Waals surface area contributed by atoms with Gasteiger partial charge in [-0.2, -0.15) is 10.5 Å². The minimum absolute atomic E-state index is 0.0829. The predicted molar refractivity (Wildman–Crippen MR) is 71.7 cm³/mol. The number of nitrogens with two attached hydrogens (primary N) is 1. The fraction of sp³-hybridized carbons (Fsp3) is 0.308. The van der Waals surface area contributed by atoms with E-state index in [0.717, 1.165) is 6.07 Å². The van der Waals surface area contributed by atoms with Gasteiger partial charge in [0.15, 0.2) is 0 Å². The molecule has 0 saturated carbocycles. The second kappa shape index (κ2) is 7.72. The van der Waals surface area contributed by atoms with E-state index in [0.29, 0.717) is 5.69 Å². The van der Waals surface area contributed by atoms with Crippen LogP contribution in [0.3, 0.4) is 0 Å². The molecule has 0 unspecified atom stereocenters. The van der Waals surface area contributed by atoms with Crippen molar-refractivity contribution in [3.63, 3.8) is 0 Å². The van der Waals surface area contributed by atoms with Gasteiger partial charge in [0.1, 0.15) is 5.82 Å². The molecule has 7 heteroatoms. The molecule has 0 aromatic heterocycles. The highest BCUT2D eigenvalue weighted by Gasteiger charge is 2.09. The summed E-state index contributed by atoms with van der Waals surface area (Å²) >= 11 is 0. The molecule has 1 aromatic rings.